The zero-order valence-electron chi connectivity index (χ0n) is 24.5. The van der Waals surface area contributed by atoms with Crippen molar-refractivity contribution in [2.45, 2.75) is 33.9 Å². The van der Waals surface area contributed by atoms with Crippen LogP contribution in [0, 0.1) is 0 Å². The third kappa shape index (κ3) is 5.68. The molecule has 2 aromatic heterocycles. The Morgan fingerprint density at radius 2 is 1.38 bits per heavy atom. The predicted molar refractivity (Wildman–Crippen MR) is 173 cm³/mol. The van der Waals surface area contributed by atoms with E-state index in [4.69, 9.17) is 0 Å². The van der Waals surface area contributed by atoms with E-state index in [1.54, 1.807) is 0 Å². The molecule has 4 heteroatoms. The second kappa shape index (κ2) is 13.3. The fraction of sp³-hybridized carbons (Fsp3) is 0.158. The number of pyridine rings is 2. The molecule has 0 saturated carbocycles. The first-order chi connectivity index (χ1) is 20.2. The van der Waals surface area contributed by atoms with Crippen molar-refractivity contribution < 1.29 is 33.1 Å². The zero-order chi connectivity index (χ0) is 28.2. The zero-order valence-corrected chi connectivity index (χ0v) is 26.7. The number of rotatable bonds is 7. The number of nitrogens with zero attached hydrogens (tertiary/aromatic N) is 3. The monoisotopic (exact) mass is 662 g/mol. The van der Waals surface area contributed by atoms with E-state index < -0.39 is 0 Å². The first kappa shape index (κ1) is 29.5. The van der Waals surface area contributed by atoms with Gasteiger partial charge in [0.15, 0.2) is 12.4 Å². The largest absolute Gasteiger partial charge is 1.00 e. The predicted octanol–water partition coefficient (Wildman–Crippen LogP) is 5.15. The van der Waals surface area contributed by atoms with Gasteiger partial charge in [0.05, 0.1) is 10.8 Å². The van der Waals surface area contributed by atoms with E-state index in [1.807, 2.05) is 0 Å². The Hall–Kier alpha value is -4.03. The van der Waals surface area contributed by atoms with Gasteiger partial charge in [-0.2, -0.15) is 9.13 Å². The molecule has 210 valence electrons. The van der Waals surface area contributed by atoms with E-state index >= 15 is 0 Å². The number of benzene rings is 3. The summed E-state index contributed by atoms with van der Waals surface area (Å²) < 4.78 is 4.61. The van der Waals surface area contributed by atoms with Gasteiger partial charge in [0, 0.05) is 53.8 Å². The molecular weight excluding hydrogens is 625 g/mol. The van der Waals surface area contributed by atoms with E-state index in [0.29, 0.717) is 0 Å². The van der Waals surface area contributed by atoms with Crippen molar-refractivity contribution in [3.8, 4) is 0 Å². The average Bonchev–Trinajstić information content (AvgIpc) is 3.04. The molecule has 0 atom stereocenters. The average molecular weight is 663 g/mol. The number of aromatic nitrogens is 2. The molecule has 42 heavy (non-hydrogen) atoms. The van der Waals surface area contributed by atoms with Crippen molar-refractivity contribution in [2.24, 2.45) is 0 Å². The molecule has 0 fully saturated rings. The van der Waals surface area contributed by atoms with E-state index in [2.05, 4.69) is 169 Å². The van der Waals surface area contributed by atoms with E-state index in [-0.39, 0.29) is 24.0 Å². The minimum absolute atomic E-state index is 0. The summed E-state index contributed by atoms with van der Waals surface area (Å²) in [6.07, 6.45) is 17.9. The third-order valence-electron chi connectivity index (χ3n) is 8.06. The molecule has 0 N–H and O–H groups in total. The second-order valence-corrected chi connectivity index (χ2v) is 10.3. The highest BCUT2D eigenvalue weighted by atomic mass is 127. The maximum absolute atomic E-state index is 2.31. The molecule has 3 aromatic carbocycles. The van der Waals surface area contributed by atoms with Crippen LogP contribution in [-0.4, -0.2) is 6.54 Å². The molecule has 3 heterocycles. The summed E-state index contributed by atoms with van der Waals surface area (Å²) in [5, 5.41) is 2.51. The fourth-order valence-electron chi connectivity index (χ4n) is 5.87. The van der Waals surface area contributed by atoms with Gasteiger partial charge >= 0.3 is 0 Å². The van der Waals surface area contributed by atoms with Crippen LogP contribution in [0.2, 0.25) is 0 Å². The number of aryl methyl sites for hydroxylation is 2. The van der Waals surface area contributed by atoms with E-state index in [1.165, 1.54) is 55.3 Å². The Morgan fingerprint density at radius 3 is 2.12 bits per heavy atom. The molecular formula is C38H37IN3+. The van der Waals surface area contributed by atoms with Crippen molar-refractivity contribution in [1.29, 1.82) is 0 Å². The summed E-state index contributed by atoms with van der Waals surface area (Å²) in [5.74, 6) is 0. The van der Waals surface area contributed by atoms with Crippen molar-refractivity contribution in [1.82, 2.24) is 0 Å². The Morgan fingerprint density at radius 1 is 0.738 bits per heavy atom. The molecule has 0 aliphatic carbocycles. The van der Waals surface area contributed by atoms with Crippen LogP contribution < -0.4 is 38.0 Å². The highest BCUT2D eigenvalue weighted by molar-refractivity contribution is 5.97. The number of allylic oxidation sites excluding steroid dienone is 6. The van der Waals surface area contributed by atoms with Crippen LogP contribution in [0.1, 0.15) is 37.5 Å². The van der Waals surface area contributed by atoms with Crippen LogP contribution >= 0.6 is 0 Å². The summed E-state index contributed by atoms with van der Waals surface area (Å²) in [5.41, 5.74) is 9.85. The van der Waals surface area contributed by atoms with Crippen LogP contribution in [0.3, 0.4) is 0 Å². The van der Waals surface area contributed by atoms with Gasteiger partial charge in [-0.05, 0) is 61.8 Å². The summed E-state index contributed by atoms with van der Waals surface area (Å²) in [6.45, 7) is 9.40. The van der Waals surface area contributed by atoms with Crippen LogP contribution in [0.25, 0.3) is 39.0 Å². The van der Waals surface area contributed by atoms with Crippen molar-refractivity contribution in [2.75, 3.05) is 11.4 Å². The lowest BCUT2D eigenvalue weighted by Crippen LogP contribution is -3.00. The number of hydrogen-bond acceptors (Lipinski definition) is 1. The minimum Gasteiger partial charge on any atom is -1.00 e. The Kier molecular flexibility index (Phi) is 9.33. The standard InChI is InChI=1S/C38H37N3.HI/c1-4-39-26-23-30(33-13-7-10-16-36(33)39)21-19-29(32-25-28-41(6-3)38-18-12-9-15-35(32)38)20-22-31-24-27-40(5-2)37-17-11-8-14-34(31)37;/h7-28H,4-6H2,1-3H3;1H/q+2;/p-1. The SMILES string of the molecule is CCN1C=C\C(=C/C=C(\C=C\c2cc[n+](CC)c3ccccc23)c2cc[n+](CC)c3ccccc23)c2ccccc21.[I-]. The molecule has 1 aliphatic rings. The van der Waals surface area contributed by atoms with Gasteiger partial charge in [-0.1, -0.05) is 66.8 Å². The quantitative estimate of drug-likeness (QED) is 0.134. The Balaban J connectivity index is 0.00000353. The van der Waals surface area contributed by atoms with Gasteiger partial charge in [0.25, 0.3) is 0 Å². The van der Waals surface area contributed by atoms with Gasteiger partial charge in [0.1, 0.15) is 13.1 Å². The fourth-order valence-corrected chi connectivity index (χ4v) is 5.87. The maximum Gasteiger partial charge on any atom is 0.213 e. The highest BCUT2D eigenvalue weighted by Gasteiger charge is 2.16. The van der Waals surface area contributed by atoms with Crippen molar-refractivity contribution in [3.63, 3.8) is 0 Å². The smallest absolute Gasteiger partial charge is 0.213 e. The van der Waals surface area contributed by atoms with Crippen molar-refractivity contribution >= 4 is 44.7 Å². The lowest BCUT2D eigenvalue weighted by Gasteiger charge is -2.26. The number of hydrogen-bond donors (Lipinski definition) is 0. The molecule has 0 spiro atoms. The molecule has 1 aliphatic heterocycles. The second-order valence-electron chi connectivity index (χ2n) is 10.3. The van der Waals surface area contributed by atoms with Crippen LogP contribution in [-0.2, 0) is 13.1 Å². The topological polar surface area (TPSA) is 11.0 Å². The van der Waals surface area contributed by atoms with Gasteiger partial charge in [-0.25, -0.2) is 0 Å². The number of fused-ring (bicyclic) bond motifs is 3. The first-order valence-corrected chi connectivity index (χ1v) is 14.7. The Labute approximate surface area is 266 Å². The number of anilines is 1. The van der Waals surface area contributed by atoms with Gasteiger partial charge in [0.2, 0.25) is 11.0 Å². The molecule has 3 nitrogen and oxygen atoms in total. The minimum atomic E-state index is 0. The Bertz CT molecular complexity index is 1860. The van der Waals surface area contributed by atoms with Crippen LogP contribution in [0.4, 0.5) is 5.69 Å². The van der Waals surface area contributed by atoms with Crippen molar-refractivity contribution in [3.05, 3.63) is 145 Å². The number of para-hydroxylation sites is 3. The molecule has 0 radical (unpaired) electrons. The third-order valence-corrected chi connectivity index (χ3v) is 8.06. The lowest BCUT2D eigenvalue weighted by molar-refractivity contribution is -0.668. The van der Waals surface area contributed by atoms with Crippen LogP contribution in [0.15, 0.2) is 128 Å². The van der Waals surface area contributed by atoms with E-state index in [0.717, 1.165) is 19.6 Å². The maximum atomic E-state index is 2.31. The summed E-state index contributed by atoms with van der Waals surface area (Å²) in [6, 6.07) is 30.6. The first-order valence-electron chi connectivity index (χ1n) is 14.7. The molecule has 0 unspecified atom stereocenters. The van der Waals surface area contributed by atoms with Gasteiger partial charge < -0.3 is 28.9 Å². The van der Waals surface area contributed by atoms with Gasteiger partial charge in [-0.15, -0.1) is 0 Å². The molecule has 6 rings (SSSR count). The van der Waals surface area contributed by atoms with Gasteiger partial charge in [-0.3, -0.25) is 0 Å². The van der Waals surface area contributed by atoms with E-state index in [9.17, 15) is 0 Å². The molecule has 0 saturated heterocycles. The molecule has 5 aromatic rings. The van der Waals surface area contributed by atoms with Crippen LogP contribution in [0.5, 0.6) is 0 Å². The summed E-state index contributed by atoms with van der Waals surface area (Å²) >= 11 is 0. The summed E-state index contributed by atoms with van der Waals surface area (Å²) in [4.78, 5) is 2.30. The normalized spacial score (nSPS) is 14.1. The highest BCUT2D eigenvalue weighted by Crippen LogP contribution is 2.33. The lowest BCUT2D eigenvalue weighted by atomic mass is 9.96. The number of halogens is 1. The molecule has 0 amide bonds. The summed E-state index contributed by atoms with van der Waals surface area (Å²) in [7, 11) is 0. The molecule has 0 bridgehead atoms.